The molecule has 0 aliphatic carbocycles. The van der Waals surface area contributed by atoms with Crippen LogP contribution in [0, 0.1) is 0 Å². The summed E-state index contributed by atoms with van der Waals surface area (Å²) >= 11 is 0. The molecular formula is C15H28N2O3Si. The van der Waals surface area contributed by atoms with Crippen LogP contribution in [0.3, 0.4) is 0 Å². The topological polar surface area (TPSA) is 67.4 Å². The van der Waals surface area contributed by atoms with Crippen molar-refractivity contribution >= 4 is 20.1 Å². The van der Waals surface area contributed by atoms with Gasteiger partial charge in [-0.15, -0.1) is 0 Å². The molecule has 5 nitrogen and oxygen atoms in total. The molecule has 2 N–H and O–H groups in total. The van der Waals surface area contributed by atoms with Gasteiger partial charge >= 0.3 is 0 Å². The maximum absolute atomic E-state index is 11.3. The monoisotopic (exact) mass is 312 g/mol. The van der Waals surface area contributed by atoms with Crippen LogP contribution in [-0.2, 0) is 14.0 Å². The van der Waals surface area contributed by atoms with E-state index in [-0.39, 0.29) is 23.0 Å². The first-order valence-corrected chi connectivity index (χ1v) is 9.92. The van der Waals surface area contributed by atoms with E-state index in [1.165, 1.54) is 12.2 Å². The van der Waals surface area contributed by atoms with Crippen molar-refractivity contribution in [1.29, 1.82) is 0 Å². The first-order valence-electron chi connectivity index (χ1n) is 7.02. The van der Waals surface area contributed by atoms with Crippen LogP contribution in [0.4, 0.5) is 0 Å². The second kappa shape index (κ2) is 8.14. The normalized spacial score (nSPS) is 11.9. The van der Waals surface area contributed by atoms with Crippen molar-refractivity contribution in [3.8, 4) is 0 Å². The predicted molar refractivity (Wildman–Crippen MR) is 88.5 cm³/mol. The molecule has 0 radical (unpaired) electrons. The largest absolute Gasteiger partial charge is 0.410 e. The average Bonchev–Trinajstić information content (AvgIpc) is 2.39. The van der Waals surface area contributed by atoms with Gasteiger partial charge in [0.15, 0.2) is 8.32 Å². The van der Waals surface area contributed by atoms with Gasteiger partial charge in [-0.05, 0) is 30.3 Å². The highest BCUT2D eigenvalue weighted by molar-refractivity contribution is 6.74. The van der Waals surface area contributed by atoms with Crippen molar-refractivity contribution in [2.45, 2.75) is 45.0 Å². The van der Waals surface area contributed by atoms with Crippen LogP contribution in [0.1, 0.15) is 20.8 Å². The quantitative estimate of drug-likeness (QED) is 0.532. The second-order valence-electron chi connectivity index (χ2n) is 6.40. The first kappa shape index (κ1) is 19.6. The Morgan fingerprint density at radius 1 is 1.10 bits per heavy atom. The predicted octanol–water partition coefficient (Wildman–Crippen LogP) is 1.98. The summed E-state index contributed by atoms with van der Waals surface area (Å²) in [7, 11) is -1.99. The molecule has 0 atom stereocenters. The van der Waals surface area contributed by atoms with Gasteiger partial charge < -0.3 is 15.1 Å². The first-order chi connectivity index (χ1) is 9.53. The summed E-state index contributed by atoms with van der Waals surface area (Å²) in [6.07, 6.45) is 2.15. The van der Waals surface area contributed by atoms with E-state index in [0.717, 1.165) is 0 Å². The number of amides is 2. The zero-order chi connectivity index (χ0) is 16.7. The molecule has 0 spiro atoms. The van der Waals surface area contributed by atoms with Gasteiger partial charge in [0, 0.05) is 13.1 Å². The van der Waals surface area contributed by atoms with Crippen LogP contribution < -0.4 is 10.6 Å². The lowest BCUT2D eigenvalue weighted by molar-refractivity contribution is -0.116. The highest BCUT2D eigenvalue weighted by Crippen LogP contribution is 2.37. The summed E-state index contributed by atoms with van der Waals surface area (Å²) in [5, 5.41) is 5.47. The number of hydrogen-bond acceptors (Lipinski definition) is 3. The fourth-order valence-electron chi connectivity index (χ4n) is 1.32. The van der Waals surface area contributed by atoms with Gasteiger partial charge in [0.25, 0.3) is 0 Å². The third kappa shape index (κ3) is 7.24. The molecule has 0 saturated carbocycles. The number of carbonyl (C=O) groups is 2. The lowest BCUT2D eigenvalue weighted by Gasteiger charge is -2.39. The average molecular weight is 312 g/mol. The van der Waals surface area contributed by atoms with Gasteiger partial charge in [-0.3, -0.25) is 9.59 Å². The molecular weight excluding hydrogens is 284 g/mol. The van der Waals surface area contributed by atoms with E-state index in [4.69, 9.17) is 4.43 Å². The van der Waals surface area contributed by atoms with Gasteiger partial charge in [0.05, 0.1) is 6.10 Å². The van der Waals surface area contributed by atoms with Gasteiger partial charge in [-0.25, -0.2) is 0 Å². The minimum absolute atomic E-state index is 0.0517. The summed E-state index contributed by atoms with van der Waals surface area (Å²) < 4.78 is 6.23. The van der Waals surface area contributed by atoms with E-state index in [1.807, 2.05) is 0 Å². The molecule has 0 rings (SSSR count). The Balaban J connectivity index is 4.78. The van der Waals surface area contributed by atoms with Crippen molar-refractivity contribution < 1.29 is 14.0 Å². The summed E-state index contributed by atoms with van der Waals surface area (Å²) in [5.41, 5.74) is 0. The van der Waals surface area contributed by atoms with E-state index in [9.17, 15) is 9.59 Å². The van der Waals surface area contributed by atoms with Crippen molar-refractivity contribution in [3.05, 3.63) is 25.3 Å². The lowest BCUT2D eigenvalue weighted by atomic mass is 10.2. The van der Waals surface area contributed by atoms with E-state index < -0.39 is 8.32 Å². The minimum atomic E-state index is -1.99. The molecule has 0 fully saturated rings. The zero-order valence-electron chi connectivity index (χ0n) is 13.8. The molecule has 0 aromatic heterocycles. The third-order valence-electron chi connectivity index (χ3n) is 3.65. The van der Waals surface area contributed by atoms with Crippen LogP contribution in [-0.4, -0.2) is 39.3 Å². The SMILES string of the molecule is C=CC(=O)NCC(CNC(=O)C=C)O[Si](C)(C)C(C)(C)C. The second-order valence-corrected chi connectivity index (χ2v) is 11.2. The van der Waals surface area contributed by atoms with Gasteiger partial charge in [0.2, 0.25) is 11.8 Å². The molecule has 6 heteroatoms. The number of carbonyl (C=O) groups excluding carboxylic acids is 2. The van der Waals surface area contributed by atoms with Crippen LogP contribution in [0.2, 0.25) is 18.1 Å². The summed E-state index contributed by atoms with van der Waals surface area (Å²) in [4.78, 5) is 22.6. The minimum Gasteiger partial charge on any atom is -0.410 e. The standard InChI is InChI=1S/C15H28N2O3Si/c1-8-13(18)16-10-12(11-17-14(19)9-2)20-21(6,7)15(3,4)5/h8-9,12H,1-2,10-11H2,3-7H3,(H,16,18)(H,17,19). The van der Waals surface area contributed by atoms with Crippen molar-refractivity contribution in [2.24, 2.45) is 0 Å². The van der Waals surface area contributed by atoms with E-state index in [1.54, 1.807) is 0 Å². The van der Waals surface area contributed by atoms with Crippen LogP contribution in [0.25, 0.3) is 0 Å². The fraction of sp³-hybridized carbons (Fsp3) is 0.600. The number of hydrogen-bond donors (Lipinski definition) is 2. The summed E-state index contributed by atoms with van der Waals surface area (Å²) in [5.74, 6) is -0.511. The van der Waals surface area contributed by atoms with E-state index in [0.29, 0.717) is 13.1 Å². The number of nitrogens with one attached hydrogen (secondary N) is 2. The Morgan fingerprint density at radius 2 is 1.48 bits per heavy atom. The van der Waals surface area contributed by atoms with Gasteiger partial charge in [-0.2, -0.15) is 0 Å². The van der Waals surface area contributed by atoms with E-state index in [2.05, 4.69) is 57.7 Å². The molecule has 0 aromatic carbocycles. The van der Waals surface area contributed by atoms with Gasteiger partial charge in [-0.1, -0.05) is 33.9 Å². The van der Waals surface area contributed by atoms with Crippen molar-refractivity contribution in [3.63, 3.8) is 0 Å². The molecule has 120 valence electrons. The molecule has 0 unspecified atom stereocenters. The highest BCUT2D eigenvalue weighted by atomic mass is 28.4. The van der Waals surface area contributed by atoms with Crippen molar-refractivity contribution in [2.75, 3.05) is 13.1 Å². The van der Waals surface area contributed by atoms with Crippen LogP contribution >= 0.6 is 0 Å². The zero-order valence-corrected chi connectivity index (χ0v) is 14.8. The van der Waals surface area contributed by atoms with Crippen LogP contribution in [0.5, 0.6) is 0 Å². The molecule has 2 amide bonds. The molecule has 21 heavy (non-hydrogen) atoms. The molecule has 0 bridgehead atoms. The van der Waals surface area contributed by atoms with Gasteiger partial charge in [0.1, 0.15) is 0 Å². The molecule has 0 heterocycles. The maximum atomic E-state index is 11.3. The Bertz CT molecular complexity index is 376. The molecule has 0 aliphatic rings. The molecule has 0 saturated heterocycles. The molecule has 0 aliphatic heterocycles. The summed E-state index contributed by atoms with van der Waals surface area (Å²) in [6, 6.07) is 0. The Kier molecular flexibility index (Phi) is 7.60. The molecule has 0 aromatic rings. The van der Waals surface area contributed by atoms with Crippen LogP contribution in [0.15, 0.2) is 25.3 Å². The lowest BCUT2D eigenvalue weighted by Crippen LogP contribution is -2.50. The third-order valence-corrected chi connectivity index (χ3v) is 8.18. The number of rotatable bonds is 8. The summed E-state index contributed by atoms with van der Waals surface area (Å²) in [6.45, 7) is 18.2. The highest BCUT2D eigenvalue weighted by Gasteiger charge is 2.39. The maximum Gasteiger partial charge on any atom is 0.243 e. The Morgan fingerprint density at radius 3 is 1.76 bits per heavy atom. The smallest absolute Gasteiger partial charge is 0.243 e. The Labute approximate surface area is 129 Å². The Hall–Kier alpha value is -1.40. The van der Waals surface area contributed by atoms with E-state index >= 15 is 0 Å². The van der Waals surface area contributed by atoms with Crippen molar-refractivity contribution in [1.82, 2.24) is 10.6 Å². The fourth-order valence-corrected chi connectivity index (χ4v) is 2.68.